The van der Waals surface area contributed by atoms with Gasteiger partial charge in [0.05, 0.1) is 5.92 Å². The van der Waals surface area contributed by atoms with Gasteiger partial charge in [0.1, 0.15) is 5.69 Å². The molecule has 2 aromatic rings. The average molecular weight is 361 g/mol. The summed E-state index contributed by atoms with van der Waals surface area (Å²) >= 11 is 0. The Morgan fingerprint density at radius 1 is 1.26 bits per heavy atom. The van der Waals surface area contributed by atoms with Crippen LogP contribution in [0.2, 0.25) is 0 Å². The van der Waals surface area contributed by atoms with Crippen molar-refractivity contribution >= 4 is 17.5 Å². The molecular weight excluding hydrogens is 338 g/mol. The normalized spacial score (nSPS) is 16.2. The quantitative estimate of drug-likeness (QED) is 0.852. The van der Waals surface area contributed by atoms with Crippen molar-refractivity contribution in [2.24, 2.45) is 11.8 Å². The lowest BCUT2D eigenvalue weighted by Crippen LogP contribution is -2.31. The van der Waals surface area contributed by atoms with E-state index in [1.54, 1.807) is 11.1 Å². The largest absolute Gasteiger partial charge is 0.342 e. The molecule has 27 heavy (non-hydrogen) atoms. The van der Waals surface area contributed by atoms with Gasteiger partial charge >= 0.3 is 0 Å². The number of anilines is 1. The van der Waals surface area contributed by atoms with Crippen LogP contribution in [0.25, 0.3) is 0 Å². The zero-order chi connectivity index (χ0) is 19.2. The molecule has 1 aromatic carbocycles. The monoisotopic (exact) mass is 361 g/mol. The molecule has 5 heteroatoms. The van der Waals surface area contributed by atoms with Crippen LogP contribution in [0.15, 0.2) is 48.7 Å². The highest BCUT2D eigenvalue weighted by atomic mass is 16.2. The number of carbonyl (C=O) groups is 2. The third kappa shape index (κ3) is 5.18. The Morgan fingerprint density at radius 3 is 2.85 bits per heavy atom. The summed E-state index contributed by atoms with van der Waals surface area (Å²) in [6.07, 6.45) is 1.98. The molecule has 0 spiro atoms. The molecule has 2 amide bonds. The van der Waals surface area contributed by atoms with Crippen LogP contribution in [0.3, 0.4) is 0 Å². The minimum absolute atomic E-state index is 0.0545. The van der Waals surface area contributed by atoms with E-state index >= 15 is 0 Å². The molecule has 2 heterocycles. The molecule has 0 radical (unpaired) electrons. The second-order valence-electron chi connectivity index (χ2n) is 7.13. The second kappa shape index (κ2) is 8.50. The summed E-state index contributed by atoms with van der Waals surface area (Å²) in [5, 5.41) is 2.92. The maximum absolute atomic E-state index is 12.5. The first-order valence-corrected chi connectivity index (χ1v) is 9.13. The minimum Gasteiger partial charge on any atom is -0.342 e. The van der Waals surface area contributed by atoms with Crippen LogP contribution in [0.5, 0.6) is 0 Å². The Hall–Kier alpha value is -3.13. The molecular formula is C22H23N3O2. The Balaban J connectivity index is 1.64. The van der Waals surface area contributed by atoms with Crippen LogP contribution in [0, 0.1) is 23.7 Å². The molecule has 5 nitrogen and oxygen atoms in total. The molecule has 1 N–H and O–H groups in total. The summed E-state index contributed by atoms with van der Waals surface area (Å²) in [5.41, 5.74) is 2.17. The van der Waals surface area contributed by atoms with Gasteiger partial charge in [-0.15, -0.1) is 0 Å². The third-order valence-corrected chi connectivity index (χ3v) is 4.30. The van der Waals surface area contributed by atoms with Crippen molar-refractivity contribution in [2.45, 2.75) is 20.3 Å². The summed E-state index contributed by atoms with van der Waals surface area (Å²) in [6, 6.07) is 13.0. The zero-order valence-corrected chi connectivity index (χ0v) is 15.6. The van der Waals surface area contributed by atoms with E-state index in [2.05, 4.69) is 36.0 Å². The molecule has 0 saturated carbocycles. The van der Waals surface area contributed by atoms with Crippen LogP contribution < -0.4 is 5.32 Å². The van der Waals surface area contributed by atoms with Gasteiger partial charge in [-0.1, -0.05) is 31.9 Å². The number of carbonyl (C=O) groups excluding carboxylic acids is 2. The van der Waals surface area contributed by atoms with Gasteiger partial charge in [-0.3, -0.25) is 9.59 Å². The van der Waals surface area contributed by atoms with E-state index in [1.165, 1.54) is 0 Å². The van der Waals surface area contributed by atoms with Gasteiger partial charge in [-0.25, -0.2) is 4.98 Å². The van der Waals surface area contributed by atoms with Crippen LogP contribution in [0.1, 0.15) is 31.5 Å². The molecule has 1 fully saturated rings. The summed E-state index contributed by atoms with van der Waals surface area (Å²) in [5.74, 6) is 6.08. The summed E-state index contributed by atoms with van der Waals surface area (Å²) in [7, 11) is 0. The molecule has 0 bridgehead atoms. The third-order valence-electron chi connectivity index (χ3n) is 4.30. The number of hydrogen-bond acceptors (Lipinski definition) is 3. The predicted molar refractivity (Wildman–Crippen MR) is 105 cm³/mol. The Labute approximate surface area is 159 Å². The minimum atomic E-state index is -0.306. The fourth-order valence-electron chi connectivity index (χ4n) is 3.06. The highest BCUT2D eigenvalue weighted by molar-refractivity contribution is 5.97. The number of amides is 2. The maximum Gasteiger partial charge on any atom is 0.229 e. The van der Waals surface area contributed by atoms with Crippen molar-refractivity contribution in [3.8, 4) is 11.8 Å². The zero-order valence-electron chi connectivity index (χ0n) is 15.6. The van der Waals surface area contributed by atoms with Crippen molar-refractivity contribution < 1.29 is 9.59 Å². The fraction of sp³-hybridized carbons (Fsp3) is 0.318. The lowest BCUT2D eigenvalue weighted by molar-refractivity contribution is -0.128. The van der Waals surface area contributed by atoms with E-state index in [1.807, 2.05) is 42.5 Å². The maximum atomic E-state index is 12.5. The van der Waals surface area contributed by atoms with Crippen LogP contribution in [-0.2, 0) is 9.59 Å². The second-order valence-corrected chi connectivity index (χ2v) is 7.13. The van der Waals surface area contributed by atoms with Crippen molar-refractivity contribution in [3.63, 3.8) is 0 Å². The first kappa shape index (κ1) is 18.7. The van der Waals surface area contributed by atoms with E-state index in [0.717, 1.165) is 5.56 Å². The molecule has 3 rings (SSSR count). The number of rotatable bonds is 4. The van der Waals surface area contributed by atoms with Gasteiger partial charge in [0.15, 0.2) is 0 Å². The molecule has 1 aromatic heterocycles. The fourth-order valence-corrected chi connectivity index (χ4v) is 3.06. The van der Waals surface area contributed by atoms with Gasteiger partial charge in [-0.2, -0.15) is 0 Å². The lowest BCUT2D eigenvalue weighted by Gasteiger charge is -2.18. The topological polar surface area (TPSA) is 62.3 Å². The number of hydrogen-bond donors (Lipinski definition) is 1. The van der Waals surface area contributed by atoms with Gasteiger partial charge in [-0.05, 0) is 42.2 Å². The van der Waals surface area contributed by atoms with Crippen molar-refractivity contribution in [1.82, 2.24) is 9.88 Å². The molecule has 0 unspecified atom stereocenters. The number of aromatic nitrogens is 1. The SMILES string of the molecule is CC(C)CN1C[C@@H](C(=O)Nc2cccc(C#Cc3ccccn3)c2)CC1=O. The standard InChI is InChI=1S/C22H23N3O2/c1-16(2)14-25-15-18(13-21(25)26)22(27)24-20-8-5-6-17(12-20)9-10-19-7-3-4-11-23-19/h3-8,11-12,16,18H,13-15H2,1-2H3,(H,24,27)/t18-/m0/s1. The number of pyridine rings is 1. The first-order chi connectivity index (χ1) is 13.0. The summed E-state index contributed by atoms with van der Waals surface area (Å²) in [4.78, 5) is 30.6. The van der Waals surface area contributed by atoms with Gasteiger partial charge in [0.25, 0.3) is 0 Å². The van der Waals surface area contributed by atoms with E-state index in [-0.39, 0.29) is 24.2 Å². The number of nitrogens with zero attached hydrogens (tertiary/aromatic N) is 2. The number of nitrogens with one attached hydrogen (secondary N) is 1. The molecule has 1 saturated heterocycles. The van der Waals surface area contributed by atoms with E-state index < -0.39 is 0 Å². The number of benzene rings is 1. The molecule has 1 aliphatic rings. The highest BCUT2D eigenvalue weighted by Crippen LogP contribution is 2.21. The first-order valence-electron chi connectivity index (χ1n) is 9.13. The Morgan fingerprint density at radius 2 is 2.11 bits per heavy atom. The summed E-state index contributed by atoms with van der Waals surface area (Å²) < 4.78 is 0. The van der Waals surface area contributed by atoms with Gasteiger partial charge in [0, 0.05) is 37.0 Å². The van der Waals surface area contributed by atoms with Crippen LogP contribution >= 0.6 is 0 Å². The van der Waals surface area contributed by atoms with Gasteiger partial charge < -0.3 is 10.2 Å². The van der Waals surface area contributed by atoms with E-state index in [9.17, 15) is 9.59 Å². The van der Waals surface area contributed by atoms with Crippen molar-refractivity contribution in [2.75, 3.05) is 18.4 Å². The molecule has 1 atom stereocenters. The van der Waals surface area contributed by atoms with Gasteiger partial charge in [0.2, 0.25) is 11.8 Å². The molecule has 1 aliphatic heterocycles. The Kier molecular flexibility index (Phi) is 5.87. The Bertz CT molecular complexity index is 881. The van der Waals surface area contributed by atoms with Crippen molar-refractivity contribution in [3.05, 3.63) is 59.9 Å². The van der Waals surface area contributed by atoms with E-state index in [0.29, 0.717) is 30.4 Å². The highest BCUT2D eigenvalue weighted by Gasteiger charge is 2.34. The van der Waals surface area contributed by atoms with Crippen LogP contribution in [-0.4, -0.2) is 34.8 Å². The summed E-state index contributed by atoms with van der Waals surface area (Å²) in [6.45, 7) is 5.32. The smallest absolute Gasteiger partial charge is 0.229 e. The number of likely N-dealkylation sites (tertiary alicyclic amines) is 1. The lowest BCUT2D eigenvalue weighted by atomic mass is 10.1. The molecule has 138 valence electrons. The van der Waals surface area contributed by atoms with E-state index in [4.69, 9.17) is 0 Å². The average Bonchev–Trinajstić information content (AvgIpc) is 3.01. The predicted octanol–water partition coefficient (Wildman–Crippen LogP) is 2.92. The van der Waals surface area contributed by atoms with Crippen molar-refractivity contribution in [1.29, 1.82) is 0 Å². The van der Waals surface area contributed by atoms with Crippen LogP contribution in [0.4, 0.5) is 5.69 Å². The molecule has 0 aliphatic carbocycles.